The molecule has 0 aromatic carbocycles. The van der Waals surface area contributed by atoms with Gasteiger partial charge in [-0.1, -0.05) is 0 Å². The molecule has 1 atom stereocenters. The van der Waals surface area contributed by atoms with E-state index in [9.17, 15) is 4.79 Å². The van der Waals surface area contributed by atoms with Crippen LogP contribution in [0.5, 0.6) is 0 Å². The maximum absolute atomic E-state index is 11.5. The van der Waals surface area contributed by atoms with E-state index in [2.05, 4.69) is 5.32 Å². The van der Waals surface area contributed by atoms with E-state index in [1.807, 2.05) is 34.7 Å². The summed E-state index contributed by atoms with van der Waals surface area (Å²) in [5, 5.41) is 3.00. The average Bonchev–Trinajstić information content (AvgIpc) is 2.10. The Morgan fingerprint density at radius 2 is 2.00 bits per heavy atom. The van der Waals surface area contributed by atoms with Crippen LogP contribution >= 0.6 is 0 Å². The van der Waals surface area contributed by atoms with Crippen LogP contribution in [-0.2, 0) is 4.74 Å². The summed E-state index contributed by atoms with van der Waals surface area (Å²) in [5.41, 5.74) is -0.194. The van der Waals surface area contributed by atoms with E-state index in [1.165, 1.54) is 0 Å². The molecule has 4 heteroatoms. The third kappa shape index (κ3) is 4.46. The second kappa shape index (κ2) is 5.20. The topological polar surface area (TPSA) is 41.6 Å². The zero-order chi connectivity index (χ0) is 11.4. The lowest BCUT2D eigenvalue weighted by Crippen LogP contribution is -2.44. The molecule has 4 nitrogen and oxygen atoms in total. The average molecular weight is 202 g/mol. The summed E-state index contributed by atoms with van der Waals surface area (Å²) in [5.74, 6) is 0. The minimum atomic E-state index is -0.278. The second-order valence-electron chi connectivity index (χ2n) is 4.50. The van der Waals surface area contributed by atoms with Crippen LogP contribution in [0.4, 0.5) is 4.79 Å². The van der Waals surface area contributed by atoms with Crippen LogP contribution in [-0.4, -0.2) is 43.3 Å². The standard InChI is InChI=1S/C10H22N2O2/c1-8(11-5)7-14-9(13)12(6)10(2,3)4/h8,11H,7H2,1-6H3. The van der Waals surface area contributed by atoms with Gasteiger partial charge in [0, 0.05) is 18.6 Å². The van der Waals surface area contributed by atoms with Crippen molar-refractivity contribution in [2.75, 3.05) is 20.7 Å². The number of hydrogen-bond donors (Lipinski definition) is 1. The Bertz CT molecular complexity index is 187. The molecule has 0 aliphatic rings. The molecule has 84 valence electrons. The molecule has 14 heavy (non-hydrogen) atoms. The van der Waals surface area contributed by atoms with Crippen LogP contribution in [0.2, 0.25) is 0 Å². The predicted molar refractivity (Wildman–Crippen MR) is 57.4 cm³/mol. The third-order valence-electron chi connectivity index (χ3n) is 2.23. The summed E-state index contributed by atoms with van der Waals surface area (Å²) in [7, 11) is 3.58. The fraction of sp³-hybridized carbons (Fsp3) is 0.900. The summed E-state index contributed by atoms with van der Waals surface area (Å²) in [6.45, 7) is 8.27. The van der Waals surface area contributed by atoms with E-state index in [0.29, 0.717) is 6.61 Å². The van der Waals surface area contributed by atoms with Crippen molar-refractivity contribution in [3.63, 3.8) is 0 Å². The molecule has 0 heterocycles. The zero-order valence-corrected chi connectivity index (χ0v) is 10.0. The van der Waals surface area contributed by atoms with Gasteiger partial charge < -0.3 is 15.0 Å². The van der Waals surface area contributed by atoms with Gasteiger partial charge in [-0.15, -0.1) is 0 Å². The minimum Gasteiger partial charge on any atom is -0.448 e. The summed E-state index contributed by atoms with van der Waals surface area (Å²) >= 11 is 0. The molecule has 0 aromatic rings. The van der Waals surface area contributed by atoms with Gasteiger partial charge >= 0.3 is 6.09 Å². The van der Waals surface area contributed by atoms with E-state index in [0.717, 1.165) is 0 Å². The van der Waals surface area contributed by atoms with E-state index in [-0.39, 0.29) is 17.7 Å². The number of carbonyl (C=O) groups is 1. The number of nitrogens with zero attached hydrogens (tertiary/aromatic N) is 1. The van der Waals surface area contributed by atoms with Gasteiger partial charge in [0.2, 0.25) is 0 Å². The lowest BCUT2D eigenvalue weighted by molar-refractivity contribution is 0.0758. The van der Waals surface area contributed by atoms with E-state index < -0.39 is 0 Å². The Morgan fingerprint density at radius 1 is 1.50 bits per heavy atom. The van der Waals surface area contributed by atoms with Gasteiger partial charge in [0.15, 0.2) is 0 Å². The molecule has 0 spiro atoms. The highest BCUT2D eigenvalue weighted by atomic mass is 16.6. The molecule has 0 aromatic heterocycles. The Hall–Kier alpha value is -0.770. The Labute approximate surface area is 86.6 Å². The fourth-order valence-corrected chi connectivity index (χ4v) is 0.650. The highest BCUT2D eigenvalue weighted by Gasteiger charge is 2.23. The summed E-state index contributed by atoms with van der Waals surface area (Å²) in [4.78, 5) is 13.1. The summed E-state index contributed by atoms with van der Waals surface area (Å²) in [6.07, 6.45) is -0.278. The predicted octanol–water partition coefficient (Wildman–Crippen LogP) is 1.46. The van der Waals surface area contributed by atoms with Crippen molar-refractivity contribution < 1.29 is 9.53 Å². The smallest absolute Gasteiger partial charge is 0.409 e. The second-order valence-corrected chi connectivity index (χ2v) is 4.50. The molecule has 0 saturated heterocycles. The van der Waals surface area contributed by atoms with Gasteiger partial charge in [-0.2, -0.15) is 0 Å². The molecule has 1 N–H and O–H groups in total. The molecule has 0 saturated carbocycles. The lowest BCUT2D eigenvalue weighted by atomic mass is 10.1. The maximum atomic E-state index is 11.5. The highest BCUT2D eigenvalue weighted by molar-refractivity contribution is 5.68. The quantitative estimate of drug-likeness (QED) is 0.753. The number of carbonyl (C=O) groups excluding carboxylic acids is 1. The summed E-state index contributed by atoms with van der Waals surface area (Å²) < 4.78 is 5.11. The van der Waals surface area contributed by atoms with Gasteiger partial charge in [-0.25, -0.2) is 4.79 Å². The molecular weight excluding hydrogens is 180 g/mol. The minimum absolute atomic E-state index is 0.187. The molecule has 0 aliphatic heterocycles. The first-order chi connectivity index (χ1) is 6.29. The number of ether oxygens (including phenoxy) is 1. The molecule has 0 radical (unpaired) electrons. The van der Waals surface area contributed by atoms with Crippen molar-refractivity contribution in [1.82, 2.24) is 10.2 Å². The van der Waals surface area contributed by atoms with Gasteiger partial charge in [0.25, 0.3) is 0 Å². The van der Waals surface area contributed by atoms with Crippen molar-refractivity contribution >= 4 is 6.09 Å². The number of nitrogens with one attached hydrogen (secondary N) is 1. The van der Waals surface area contributed by atoms with Crippen molar-refractivity contribution in [3.8, 4) is 0 Å². The molecule has 1 amide bonds. The van der Waals surface area contributed by atoms with Crippen molar-refractivity contribution in [3.05, 3.63) is 0 Å². The molecule has 0 bridgehead atoms. The first kappa shape index (κ1) is 13.2. The first-order valence-electron chi connectivity index (χ1n) is 4.87. The molecule has 0 rings (SSSR count). The van der Waals surface area contributed by atoms with Gasteiger partial charge in [0.05, 0.1) is 0 Å². The first-order valence-corrected chi connectivity index (χ1v) is 4.87. The molecule has 0 fully saturated rings. The lowest BCUT2D eigenvalue weighted by Gasteiger charge is -2.31. The monoisotopic (exact) mass is 202 g/mol. The van der Waals surface area contributed by atoms with Crippen LogP contribution in [0, 0.1) is 0 Å². The summed E-state index contributed by atoms with van der Waals surface area (Å²) in [6, 6.07) is 0.187. The Balaban J connectivity index is 3.97. The van der Waals surface area contributed by atoms with Crippen LogP contribution < -0.4 is 5.32 Å². The van der Waals surface area contributed by atoms with Gasteiger partial charge in [-0.3, -0.25) is 0 Å². The maximum Gasteiger partial charge on any atom is 0.409 e. The number of amides is 1. The van der Waals surface area contributed by atoms with E-state index >= 15 is 0 Å². The normalized spacial score (nSPS) is 13.6. The highest BCUT2D eigenvalue weighted by Crippen LogP contribution is 2.11. The third-order valence-corrected chi connectivity index (χ3v) is 2.23. The van der Waals surface area contributed by atoms with Crippen LogP contribution in [0.1, 0.15) is 27.7 Å². The zero-order valence-electron chi connectivity index (χ0n) is 10.0. The van der Waals surface area contributed by atoms with Crippen molar-refractivity contribution in [1.29, 1.82) is 0 Å². The Morgan fingerprint density at radius 3 is 2.36 bits per heavy atom. The van der Waals surface area contributed by atoms with Crippen molar-refractivity contribution in [2.24, 2.45) is 0 Å². The SMILES string of the molecule is CNC(C)COC(=O)N(C)C(C)(C)C. The fourth-order valence-electron chi connectivity index (χ4n) is 0.650. The number of rotatable bonds is 3. The van der Waals surface area contributed by atoms with Crippen LogP contribution in [0.15, 0.2) is 0 Å². The van der Waals surface area contributed by atoms with E-state index in [1.54, 1.807) is 11.9 Å². The molecule has 0 aliphatic carbocycles. The largest absolute Gasteiger partial charge is 0.448 e. The molecular formula is C10H22N2O2. The van der Waals surface area contributed by atoms with Crippen LogP contribution in [0.25, 0.3) is 0 Å². The molecule has 1 unspecified atom stereocenters. The van der Waals surface area contributed by atoms with Crippen LogP contribution in [0.3, 0.4) is 0 Å². The van der Waals surface area contributed by atoms with E-state index in [4.69, 9.17) is 4.74 Å². The number of likely N-dealkylation sites (N-methyl/N-ethyl adjacent to an activating group) is 1. The Kier molecular flexibility index (Phi) is 4.91. The van der Waals surface area contributed by atoms with Gasteiger partial charge in [0.1, 0.15) is 6.61 Å². The number of hydrogen-bond acceptors (Lipinski definition) is 3. The van der Waals surface area contributed by atoms with Gasteiger partial charge in [-0.05, 0) is 34.7 Å². The van der Waals surface area contributed by atoms with Crippen molar-refractivity contribution in [2.45, 2.75) is 39.3 Å².